The molecule has 3 rings (SSSR count). The minimum Gasteiger partial charge on any atom is -0.496 e. The minimum atomic E-state index is -1.29. The number of likely N-dealkylation sites (N-methyl/N-ethyl adjacent to an activating group) is 1. The van der Waals surface area contributed by atoms with E-state index in [2.05, 4.69) is 43.7 Å². The van der Waals surface area contributed by atoms with Crippen LogP contribution in [0.25, 0.3) is 0 Å². The number of nitrogens with zero attached hydrogens (tertiary/aromatic N) is 1. The van der Waals surface area contributed by atoms with Crippen molar-refractivity contribution in [1.29, 1.82) is 0 Å². The Morgan fingerprint density at radius 3 is 2.24 bits per heavy atom. The Morgan fingerprint density at radius 2 is 1.72 bits per heavy atom. The molecule has 1 saturated heterocycles. The van der Waals surface area contributed by atoms with Crippen LogP contribution < -0.4 is 9.92 Å². The fourth-order valence-corrected chi connectivity index (χ4v) is 6.26. The molecule has 0 aromatic heterocycles. The maximum absolute atomic E-state index is 9.55. The molecule has 0 bridgehead atoms. The van der Waals surface area contributed by atoms with Crippen LogP contribution in [-0.4, -0.2) is 61.9 Å². The van der Waals surface area contributed by atoms with E-state index in [1.807, 2.05) is 7.11 Å². The van der Waals surface area contributed by atoms with Gasteiger partial charge in [0.25, 0.3) is 0 Å². The molecule has 2 atom stereocenters. The van der Waals surface area contributed by atoms with Crippen molar-refractivity contribution in [2.45, 2.75) is 51.4 Å². The summed E-state index contributed by atoms with van der Waals surface area (Å²) < 4.78 is 5.69. The van der Waals surface area contributed by atoms with E-state index in [4.69, 9.17) is 14.9 Å². The molecule has 2 aliphatic rings. The van der Waals surface area contributed by atoms with Gasteiger partial charge in [-0.15, -0.1) is 0 Å². The van der Waals surface area contributed by atoms with E-state index >= 15 is 0 Å². The van der Waals surface area contributed by atoms with Gasteiger partial charge in [-0.3, -0.25) is 0 Å². The zero-order valence-electron chi connectivity index (χ0n) is 18.1. The number of rotatable bonds is 4. The highest BCUT2D eigenvalue weighted by Crippen LogP contribution is 2.38. The summed E-state index contributed by atoms with van der Waals surface area (Å²) in [6.45, 7) is 8.66. The first-order valence-electron chi connectivity index (χ1n) is 10.1. The molecular formula is C22H33NO5Si. The van der Waals surface area contributed by atoms with Gasteiger partial charge in [0.15, 0.2) is 0 Å². The maximum Gasteiger partial charge on any atom is 0.328 e. The van der Waals surface area contributed by atoms with Crippen LogP contribution in [-0.2, 0) is 22.4 Å². The van der Waals surface area contributed by atoms with E-state index < -0.39 is 20.0 Å². The highest BCUT2D eigenvalue weighted by atomic mass is 28.3. The number of ether oxygens (including phenoxy) is 1. The Morgan fingerprint density at radius 1 is 1.10 bits per heavy atom. The summed E-state index contributed by atoms with van der Waals surface area (Å²) in [5.74, 6) is -0.553. The van der Waals surface area contributed by atoms with Gasteiger partial charge in [0.1, 0.15) is 5.75 Å². The molecule has 1 fully saturated rings. The summed E-state index contributed by atoms with van der Waals surface area (Å²) in [6.07, 6.45) is 6.32. The van der Waals surface area contributed by atoms with Crippen LogP contribution in [0.4, 0.5) is 0 Å². The number of piperidine rings is 1. The number of aliphatic carboxylic acids is 2. The molecule has 1 heterocycles. The monoisotopic (exact) mass is 419 g/mol. The van der Waals surface area contributed by atoms with E-state index in [1.165, 1.54) is 37.8 Å². The number of carboxylic acid groups (broad SMARTS) is 2. The first-order chi connectivity index (χ1) is 13.5. The Hall–Kier alpha value is -2.12. The second-order valence-electron chi connectivity index (χ2n) is 8.89. The van der Waals surface area contributed by atoms with E-state index in [0.29, 0.717) is 12.2 Å². The molecule has 0 radical (unpaired) electrons. The van der Waals surface area contributed by atoms with E-state index in [9.17, 15) is 9.59 Å². The van der Waals surface area contributed by atoms with Crippen LogP contribution in [0.5, 0.6) is 5.75 Å². The zero-order valence-corrected chi connectivity index (χ0v) is 19.1. The molecule has 160 valence electrons. The quantitative estimate of drug-likeness (QED) is 0.576. The Balaban J connectivity index is 0.000000321. The van der Waals surface area contributed by atoms with Gasteiger partial charge in [0.05, 0.1) is 15.2 Å². The number of hydrogen-bond acceptors (Lipinski definition) is 4. The normalized spacial score (nSPS) is 21.6. The fourth-order valence-electron chi connectivity index (χ4n) is 4.52. The second kappa shape index (κ2) is 9.58. The highest BCUT2D eigenvalue weighted by Gasteiger charge is 2.37. The lowest BCUT2D eigenvalue weighted by Gasteiger charge is -2.44. The number of fused-ring (bicyclic) bond motifs is 2. The first-order valence-corrected chi connectivity index (χ1v) is 13.6. The lowest BCUT2D eigenvalue weighted by molar-refractivity contribution is -0.134. The van der Waals surface area contributed by atoms with Crippen molar-refractivity contribution in [2.24, 2.45) is 5.92 Å². The van der Waals surface area contributed by atoms with Crippen molar-refractivity contribution >= 4 is 25.2 Å². The molecule has 1 aliphatic carbocycles. The number of benzene rings is 1. The van der Waals surface area contributed by atoms with Gasteiger partial charge < -0.3 is 19.8 Å². The summed E-state index contributed by atoms with van der Waals surface area (Å²) in [5, 5.41) is 17.3. The molecule has 7 heteroatoms. The molecule has 1 aromatic rings. The molecular weight excluding hydrogens is 386 g/mol. The van der Waals surface area contributed by atoms with Gasteiger partial charge in [-0.25, -0.2) is 9.59 Å². The van der Waals surface area contributed by atoms with Gasteiger partial charge in [-0.2, -0.15) is 0 Å². The highest BCUT2D eigenvalue weighted by molar-refractivity contribution is 6.89. The molecule has 2 N–H and O–H groups in total. The summed E-state index contributed by atoms with van der Waals surface area (Å²) in [6, 6.07) is 5.30. The summed E-state index contributed by atoms with van der Waals surface area (Å²) in [4.78, 5) is 21.7. The largest absolute Gasteiger partial charge is 0.496 e. The van der Waals surface area contributed by atoms with Gasteiger partial charge in [0, 0.05) is 18.2 Å². The molecule has 6 nitrogen and oxygen atoms in total. The smallest absolute Gasteiger partial charge is 0.328 e. The SMILES string of the molecule is COc1ccc([Si](C)(C)C)c2c1C[C@@H]1[C@H](CCCN1C)C2.O=C(O)C=CC(=O)O. The predicted octanol–water partition coefficient (Wildman–Crippen LogP) is 2.76. The van der Waals surface area contributed by atoms with Crippen LogP contribution in [0.1, 0.15) is 24.0 Å². The van der Waals surface area contributed by atoms with Crippen LogP contribution >= 0.6 is 0 Å². The third kappa shape index (κ3) is 5.93. The summed E-state index contributed by atoms with van der Waals surface area (Å²) >= 11 is 0. The number of carbonyl (C=O) groups is 2. The average molecular weight is 420 g/mol. The fraction of sp³-hybridized carbons (Fsp3) is 0.545. The lowest BCUT2D eigenvalue weighted by atomic mass is 9.75. The Kier molecular flexibility index (Phi) is 7.65. The molecule has 0 saturated carbocycles. The maximum atomic E-state index is 9.55. The molecule has 29 heavy (non-hydrogen) atoms. The van der Waals surface area contributed by atoms with Gasteiger partial charge in [-0.1, -0.05) is 30.9 Å². The number of likely N-dealkylation sites (tertiary alicyclic amines) is 1. The van der Waals surface area contributed by atoms with E-state index in [1.54, 1.807) is 10.8 Å². The first kappa shape index (κ1) is 23.2. The standard InChI is InChI=1S/C18H29NOSi.C4H4O4/c1-19-10-6-7-13-11-15-14(12-16(13)19)17(20-2)8-9-18(15)21(3,4)5;5-3(6)1-2-4(7)8/h8-9,13,16H,6-7,10-12H2,1-5H3;1-2H,(H,5,6)(H,7,8)/t13-,16-;/m1./s1. The van der Waals surface area contributed by atoms with E-state index in [-0.39, 0.29) is 0 Å². The van der Waals surface area contributed by atoms with Gasteiger partial charge in [0.2, 0.25) is 0 Å². The number of hydrogen-bond donors (Lipinski definition) is 2. The molecule has 0 amide bonds. The zero-order chi connectivity index (χ0) is 21.8. The average Bonchev–Trinajstić information content (AvgIpc) is 2.64. The van der Waals surface area contributed by atoms with Crippen molar-refractivity contribution in [2.75, 3.05) is 20.7 Å². The van der Waals surface area contributed by atoms with Crippen molar-refractivity contribution in [3.05, 3.63) is 35.4 Å². The lowest BCUT2D eigenvalue weighted by Crippen LogP contribution is -2.50. The Bertz CT molecular complexity index is 768. The third-order valence-corrected chi connectivity index (χ3v) is 7.94. The van der Waals surface area contributed by atoms with Crippen LogP contribution in [0, 0.1) is 5.92 Å². The second-order valence-corrected chi connectivity index (χ2v) is 13.9. The van der Waals surface area contributed by atoms with Crippen LogP contribution in [0.3, 0.4) is 0 Å². The van der Waals surface area contributed by atoms with Crippen molar-refractivity contribution in [1.82, 2.24) is 4.90 Å². The molecule has 1 aliphatic heterocycles. The predicted molar refractivity (Wildman–Crippen MR) is 117 cm³/mol. The molecule has 1 aromatic carbocycles. The minimum absolute atomic E-state index is 0.558. The van der Waals surface area contributed by atoms with Crippen molar-refractivity contribution < 1.29 is 24.5 Å². The molecule has 0 spiro atoms. The van der Waals surface area contributed by atoms with Crippen LogP contribution in [0.2, 0.25) is 19.6 Å². The van der Waals surface area contributed by atoms with E-state index in [0.717, 1.165) is 17.7 Å². The third-order valence-electron chi connectivity index (χ3n) is 5.86. The topological polar surface area (TPSA) is 87.1 Å². The van der Waals surface area contributed by atoms with Gasteiger partial charge in [-0.05, 0) is 62.4 Å². The number of carboxylic acids is 2. The van der Waals surface area contributed by atoms with Crippen LogP contribution in [0.15, 0.2) is 24.3 Å². The van der Waals surface area contributed by atoms with Crippen molar-refractivity contribution in [3.8, 4) is 5.75 Å². The summed E-state index contributed by atoms with van der Waals surface area (Å²) in [7, 11) is 2.83. The summed E-state index contributed by atoms with van der Waals surface area (Å²) in [5.41, 5.74) is 3.15. The Labute approximate surface area is 174 Å². The molecule has 0 unspecified atom stereocenters. The number of methoxy groups -OCH3 is 1. The van der Waals surface area contributed by atoms with Crippen molar-refractivity contribution in [3.63, 3.8) is 0 Å². The van der Waals surface area contributed by atoms with Gasteiger partial charge >= 0.3 is 11.9 Å².